The van der Waals surface area contributed by atoms with Crippen molar-refractivity contribution in [2.75, 3.05) is 13.1 Å². The maximum atomic E-state index is 13.0. The highest BCUT2D eigenvalue weighted by molar-refractivity contribution is 5.81. The summed E-state index contributed by atoms with van der Waals surface area (Å²) in [5.41, 5.74) is 0.739. The van der Waals surface area contributed by atoms with E-state index in [-0.39, 0.29) is 17.7 Å². The first-order chi connectivity index (χ1) is 11.2. The maximum Gasteiger partial charge on any atom is 0.230 e. The summed E-state index contributed by atoms with van der Waals surface area (Å²) in [4.78, 5) is 18.5. The van der Waals surface area contributed by atoms with Crippen molar-refractivity contribution in [1.29, 1.82) is 0 Å². The van der Waals surface area contributed by atoms with Crippen molar-refractivity contribution >= 4 is 5.91 Å². The standard InChI is InChI=1S/C17H18FN3O2/c18-14-5-3-11(4-6-14)15-19-16(23-20-15)12-7-9-21(10-8-12)17(22)13-1-2-13/h3-6,12-13H,1-2,7-10H2. The third-order valence-corrected chi connectivity index (χ3v) is 4.63. The fourth-order valence-corrected chi connectivity index (χ4v) is 3.05. The van der Waals surface area contributed by atoms with Gasteiger partial charge < -0.3 is 9.42 Å². The molecule has 1 saturated carbocycles. The van der Waals surface area contributed by atoms with Crippen LogP contribution >= 0.6 is 0 Å². The van der Waals surface area contributed by atoms with E-state index in [4.69, 9.17) is 4.52 Å². The van der Waals surface area contributed by atoms with E-state index >= 15 is 0 Å². The number of hydrogen-bond acceptors (Lipinski definition) is 4. The van der Waals surface area contributed by atoms with E-state index in [1.807, 2.05) is 4.90 Å². The monoisotopic (exact) mass is 315 g/mol. The predicted octanol–water partition coefficient (Wildman–Crippen LogP) is 2.99. The van der Waals surface area contributed by atoms with Gasteiger partial charge in [0, 0.05) is 30.5 Å². The van der Waals surface area contributed by atoms with Crippen LogP contribution in [0.15, 0.2) is 28.8 Å². The smallest absolute Gasteiger partial charge is 0.230 e. The molecule has 6 heteroatoms. The van der Waals surface area contributed by atoms with Crippen molar-refractivity contribution in [3.05, 3.63) is 36.0 Å². The van der Waals surface area contributed by atoms with Crippen LogP contribution in [0.2, 0.25) is 0 Å². The molecule has 1 aromatic heterocycles. The molecule has 2 fully saturated rings. The highest BCUT2D eigenvalue weighted by atomic mass is 19.1. The number of aromatic nitrogens is 2. The lowest BCUT2D eigenvalue weighted by molar-refractivity contribution is -0.133. The first kappa shape index (κ1) is 14.4. The molecule has 0 unspecified atom stereocenters. The second-order valence-electron chi connectivity index (χ2n) is 6.34. The van der Waals surface area contributed by atoms with Gasteiger partial charge in [0.1, 0.15) is 5.82 Å². The first-order valence-corrected chi connectivity index (χ1v) is 8.09. The topological polar surface area (TPSA) is 59.2 Å². The van der Waals surface area contributed by atoms with Crippen molar-refractivity contribution in [2.45, 2.75) is 31.6 Å². The minimum absolute atomic E-state index is 0.194. The molecule has 0 bridgehead atoms. The molecule has 4 rings (SSSR count). The Morgan fingerprint density at radius 1 is 1.13 bits per heavy atom. The van der Waals surface area contributed by atoms with Gasteiger partial charge in [0.25, 0.3) is 0 Å². The number of nitrogens with zero attached hydrogens (tertiary/aromatic N) is 3. The van der Waals surface area contributed by atoms with Gasteiger partial charge in [-0.2, -0.15) is 4.98 Å². The number of amides is 1. The van der Waals surface area contributed by atoms with Crippen LogP contribution in [0.25, 0.3) is 11.4 Å². The van der Waals surface area contributed by atoms with Crippen molar-refractivity contribution in [3.63, 3.8) is 0 Å². The summed E-state index contributed by atoms with van der Waals surface area (Å²) < 4.78 is 18.4. The predicted molar refractivity (Wildman–Crippen MR) is 81.0 cm³/mol. The Labute approximate surface area is 133 Å². The van der Waals surface area contributed by atoms with Gasteiger partial charge in [0.15, 0.2) is 0 Å². The zero-order chi connectivity index (χ0) is 15.8. The van der Waals surface area contributed by atoms with Crippen molar-refractivity contribution in [1.82, 2.24) is 15.0 Å². The van der Waals surface area contributed by atoms with Crippen molar-refractivity contribution < 1.29 is 13.7 Å². The van der Waals surface area contributed by atoms with Gasteiger partial charge >= 0.3 is 0 Å². The van der Waals surface area contributed by atoms with E-state index in [9.17, 15) is 9.18 Å². The molecule has 1 amide bonds. The van der Waals surface area contributed by atoms with Crippen LogP contribution in [0.5, 0.6) is 0 Å². The van der Waals surface area contributed by atoms with Crippen LogP contribution in [0, 0.1) is 11.7 Å². The van der Waals surface area contributed by atoms with Gasteiger partial charge in [0.05, 0.1) is 0 Å². The third kappa shape index (κ3) is 2.98. The van der Waals surface area contributed by atoms with Gasteiger partial charge in [-0.3, -0.25) is 4.79 Å². The summed E-state index contributed by atoms with van der Waals surface area (Å²) in [6, 6.07) is 6.04. The van der Waals surface area contributed by atoms with Crippen LogP contribution in [0.4, 0.5) is 4.39 Å². The minimum Gasteiger partial charge on any atom is -0.342 e. The Bertz CT molecular complexity index is 701. The average Bonchev–Trinajstić information content (AvgIpc) is 3.32. The number of halogens is 1. The van der Waals surface area contributed by atoms with Crippen LogP contribution in [-0.2, 0) is 4.79 Å². The fraction of sp³-hybridized carbons (Fsp3) is 0.471. The van der Waals surface area contributed by atoms with E-state index in [0.717, 1.165) is 44.3 Å². The molecule has 23 heavy (non-hydrogen) atoms. The molecule has 2 aliphatic rings. The molecule has 120 valence electrons. The molecule has 2 aromatic rings. The molecule has 1 aliphatic carbocycles. The highest BCUT2D eigenvalue weighted by Gasteiger charge is 2.35. The van der Waals surface area contributed by atoms with Gasteiger partial charge in [-0.1, -0.05) is 5.16 Å². The Morgan fingerprint density at radius 2 is 1.83 bits per heavy atom. The number of rotatable bonds is 3. The van der Waals surface area contributed by atoms with Gasteiger partial charge in [-0.25, -0.2) is 4.39 Å². The van der Waals surface area contributed by atoms with E-state index in [0.29, 0.717) is 17.6 Å². The van der Waals surface area contributed by atoms with Crippen LogP contribution in [-0.4, -0.2) is 34.0 Å². The molecule has 0 N–H and O–H groups in total. The Hall–Kier alpha value is -2.24. The largest absolute Gasteiger partial charge is 0.342 e. The molecule has 2 heterocycles. The fourth-order valence-electron chi connectivity index (χ4n) is 3.05. The number of likely N-dealkylation sites (tertiary alicyclic amines) is 1. The molecular formula is C17H18FN3O2. The molecule has 0 spiro atoms. The minimum atomic E-state index is -0.287. The number of benzene rings is 1. The Kier molecular flexibility index (Phi) is 3.59. The second kappa shape index (κ2) is 5.76. The second-order valence-corrected chi connectivity index (χ2v) is 6.34. The normalized spacial score (nSPS) is 19.1. The van der Waals surface area contributed by atoms with Gasteiger partial charge in [-0.05, 0) is 49.9 Å². The highest BCUT2D eigenvalue weighted by Crippen LogP contribution is 2.34. The molecule has 5 nitrogen and oxygen atoms in total. The van der Waals surface area contributed by atoms with Gasteiger partial charge in [0.2, 0.25) is 17.6 Å². The number of carbonyl (C=O) groups is 1. The first-order valence-electron chi connectivity index (χ1n) is 8.09. The lowest BCUT2D eigenvalue weighted by Gasteiger charge is -2.30. The van der Waals surface area contributed by atoms with E-state index in [1.54, 1.807) is 12.1 Å². The Balaban J connectivity index is 1.41. The SMILES string of the molecule is O=C(C1CC1)N1CCC(c2nc(-c3ccc(F)cc3)no2)CC1. The zero-order valence-electron chi connectivity index (χ0n) is 12.7. The van der Waals surface area contributed by atoms with Crippen molar-refractivity contribution in [2.24, 2.45) is 5.92 Å². The summed E-state index contributed by atoms with van der Waals surface area (Å²) >= 11 is 0. The lowest BCUT2D eigenvalue weighted by Crippen LogP contribution is -2.38. The van der Waals surface area contributed by atoms with Crippen LogP contribution < -0.4 is 0 Å². The van der Waals surface area contributed by atoms with E-state index < -0.39 is 0 Å². The number of carbonyl (C=O) groups excluding carboxylic acids is 1. The summed E-state index contributed by atoms with van der Waals surface area (Å²) in [5, 5.41) is 3.99. The van der Waals surface area contributed by atoms with Crippen LogP contribution in [0.3, 0.4) is 0 Å². The molecular weight excluding hydrogens is 297 g/mol. The maximum absolute atomic E-state index is 13.0. The molecule has 0 atom stereocenters. The summed E-state index contributed by atoms with van der Waals surface area (Å²) in [5.74, 6) is 1.59. The molecule has 1 saturated heterocycles. The lowest BCUT2D eigenvalue weighted by atomic mass is 9.96. The average molecular weight is 315 g/mol. The van der Waals surface area contributed by atoms with E-state index in [1.165, 1.54) is 12.1 Å². The van der Waals surface area contributed by atoms with Crippen molar-refractivity contribution in [3.8, 4) is 11.4 Å². The molecule has 1 aliphatic heterocycles. The third-order valence-electron chi connectivity index (χ3n) is 4.63. The molecule has 1 aromatic carbocycles. The molecule has 0 radical (unpaired) electrons. The summed E-state index contributed by atoms with van der Waals surface area (Å²) in [6.45, 7) is 1.52. The number of hydrogen-bond donors (Lipinski definition) is 0. The number of piperidine rings is 1. The summed E-state index contributed by atoms with van der Waals surface area (Å²) in [7, 11) is 0. The van der Waals surface area contributed by atoms with E-state index in [2.05, 4.69) is 10.1 Å². The quantitative estimate of drug-likeness (QED) is 0.873. The van der Waals surface area contributed by atoms with Gasteiger partial charge in [-0.15, -0.1) is 0 Å². The zero-order valence-corrected chi connectivity index (χ0v) is 12.7. The Morgan fingerprint density at radius 3 is 2.48 bits per heavy atom. The summed E-state index contributed by atoms with van der Waals surface area (Å²) in [6.07, 6.45) is 3.79. The van der Waals surface area contributed by atoms with Crippen LogP contribution in [0.1, 0.15) is 37.5 Å².